The van der Waals surface area contributed by atoms with Gasteiger partial charge in [0.15, 0.2) is 0 Å². The van der Waals surface area contributed by atoms with E-state index in [1.165, 1.54) is 147 Å². The van der Waals surface area contributed by atoms with Gasteiger partial charge in [-0.2, -0.15) is 0 Å². The van der Waals surface area contributed by atoms with Crippen molar-refractivity contribution in [1.29, 1.82) is 0 Å². The maximum Gasteiger partial charge on any atom is 0.143 e. The van der Waals surface area contributed by atoms with Gasteiger partial charge in [-0.05, 0) is 212 Å². The van der Waals surface area contributed by atoms with Crippen molar-refractivity contribution in [3.05, 3.63) is 315 Å². The van der Waals surface area contributed by atoms with E-state index >= 15 is 0 Å². The third kappa shape index (κ3) is 7.31. The Morgan fingerprint density at radius 3 is 0.989 bits per heavy atom. The van der Waals surface area contributed by atoms with Crippen molar-refractivity contribution >= 4 is 162 Å². The third-order valence-corrected chi connectivity index (χ3v) is 20.7. The maximum atomic E-state index is 7.18. The van der Waals surface area contributed by atoms with Crippen LogP contribution in [0.2, 0.25) is 0 Å². The molecule has 0 aliphatic carbocycles. The highest BCUT2D eigenvalue weighted by Crippen LogP contribution is 2.51. The van der Waals surface area contributed by atoms with Crippen LogP contribution in [0.15, 0.2) is 324 Å². The van der Waals surface area contributed by atoms with E-state index < -0.39 is 0 Å². The van der Waals surface area contributed by atoms with E-state index in [2.05, 4.69) is 315 Å². The SMILES string of the molecule is c1ccc2c(c1)cc(-c1c3ccccc3c(-c3ccc4oc5c6cc(-c7ccc8ccc(-c9c%10ccccc%10c(-c%10ccc%11oc%12c%13ccccc%13c%13ccccc%13c%12c%11c%10)c%10ccccc9%10)cc8c7)ccc6c6ccccc6c5c4c3)c3ccccc13)c1ccccc12. The quantitative estimate of drug-likeness (QED) is 0.127. The second kappa shape index (κ2) is 19.6. The molecule has 0 amide bonds. The summed E-state index contributed by atoms with van der Waals surface area (Å²) in [4.78, 5) is 0. The second-order valence-corrected chi connectivity index (χ2v) is 25.6. The molecule has 19 aromatic carbocycles. The minimum Gasteiger partial charge on any atom is -0.455 e. The fraction of sp³-hybridized carbons (Fsp3) is 0. The lowest BCUT2D eigenvalue weighted by Gasteiger charge is -2.19. The van der Waals surface area contributed by atoms with Gasteiger partial charge in [0.1, 0.15) is 22.3 Å². The summed E-state index contributed by atoms with van der Waals surface area (Å²) in [6, 6.07) is 117. The molecule has 0 saturated carbocycles. The minimum atomic E-state index is 0.871. The van der Waals surface area contributed by atoms with Crippen LogP contribution in [-0.2, 0) is 0 Å². The lowest BCUT2D eigenvalue weighted by Crippen LogP contribution is -1.92. The summed E-state index contributed by atoms with van der Waals surface area (Å²) < 4.78 is 14.0. The standard InChI is InChI=1S/C92H52O2/c1-2-20-61-56(19-1)50-79(66-25-4-3-21-62(61)66)88-76-34-16-14-32-74(76)87(75-33-15-17-35-77(75)88)59-43-46-84-82(52-59)90-69-27-9-6-23-64(69)67-44-41-55(49-80(67)92(90)94-84)54-39-37-53-38-40-57(48-60(53)47-54)85-70-28-10-12-30-72(70)86(73-31-13-11-29-71(73)85)58-42-45-83-81(51-58)89-68-26-8-5-22-63(68)65-24-7-18-36-78(65)91(89)93-83/h1-52H. The van der Waals surface area contributed by atoms with Crippen molar-refractivity contribution in [2.75, 3.05) is 0 Å². The molecular weight excluding hydrogens is 1140 g/mol. The van der Waals surface area contributed by atoms with Gasteiger partial charge >= 0.3 is 0 Å². The van der Waals surface area contributed by atoms with Gasteiger partial charge in [-0.3, -0.25) is 0 Å². The summed E-state index contributed by atoms with van der Waals surface area (Å²) in [6.45, 7) is 0. The highest BCUT2D eigenvalue weighted by atomic mass is 16.3. The van der Waals surface area contributed by atoms with E-state index in [0.717, 1.165) is 71.3 Å². The summed E-state index contributed by atoms with van der Waals surface area (Å²) >= 11 is 0. The van der Waals surface area contributed by atoms with Crippen LogP contribution in [-0.4, -0.2) is 0 Å². The lowest BCUT2D eigenvalue weighted by molar-refractivity contribution is 0.672. The Morgan fingerprint density at radius 1 is 0.160 bits per heavy atom. The summed E-state index contributed by atoms with van der Waals surface area (Å²) in [5.41, 5.74) is 15.6. The van der Waals surface area contributed by atoms with E-state index in [9.17, 15) is 0 Å². The molecule has 2 heteroatoms. The van der Waals surface area contributed by atoms with Crippen LogP contribution in [0.25, 0.3) is 218 Å². The van der Waals surface area contributed by atoms with E-state index in [-0.39, 0.29) is 0 Å². The molecule has 0 unspecified atom stereocenters. The monoisotopic (exact) mass is 1190 g/mol. The average Bonchev–Trinajstić information content (AvgIpc) is 1.28. The van der Waals surface area contributed by atoms with E-state index in [1.807, 2.05) is 0 Å². The average molecular weight is 1190 g/mol. The number of furan rings is 2. The van der Waals surface area contributed by atoms with Gasteiger partial charge in [-0.15, -0.1) is 0 Å². The number of hydrogen-bond acceptors (Lipinski definition) is 2. The molecule has 0 aliphatic rings. The molecule has 21 aromatic rings. The fourth-order valence-electron chi connectivity index (χ4n) is 16.7. The normalized spacial score (nSPS) is 12.3. The number of rotatable bonds is 5. The van der Waals surface area contributed by atoms with E-state index in [4.69, 9.17) is 8.83 Å². The van der Waals surface area contributed by atoms with Gasteiger partial charge in [0.05, 0.1) is 0 Å². The largest absolute Gasteiger partial charge is 0.455 e. The van der Waals surface area contributed by atoms with Crippen LogP contribution in [0.5, 0.6) is 0 Å². The topological polar surface area (TPSA) is 26.3 Å². The Morgan fingerprint density at radius 2 is 0.479 bits per heavy atom. The van der Waals surface area contributed by atoms with Gasteiger partial charge in [0.25, 0.3) is 0 Å². The Hall–Kier alpha value is -12.4. The summed E-state index contributed by atoms with van der Waals surface area (Å²) in [6.07, 6.45) is 0. The number of fused-ring (bicyclic) bond motifs is 24. The molecule has 0 N–H and O–H groups in total. The predicted octanol–water partition coefficient (Wildman–Crippen LogP) is 26.5. The van der Waals surface area contributed by atoms with Crippen LogP contribution in [0.3, 0.4) is 0 Å². The molecule has 0 radical (unpaired) electrons. The molecule has 0 spiro atoms. The van der Waals surface area contributed by atoms with Crippen LogP contribution in [0, 0.1) is 0 Å². The molecule has 2 nitrogen and oxygen atoms in total. The molecule has 2 heterocycles. The van der Waals surface area contributed by atoms with Gasteiger partial charge in [-0.1, -0.05) is 267 Å². The Kier molecular flexibility index (Phi) is 10.7. The second-order valence-electron chi connectivity index (χ2n) is 25.6. The molecule has 21 rings (SSSR count). The fourth-order valence-corrected chi connectivity index (χ4v) is 16.7. The van der Waals surface area contributed by atoms with Gasteiger partial charge in [0, 0.05) is 32.3 Å². The maximum absolute atomic E-state index is 7.18. The molecule has 0 saturated heterocycles. The van der Waals surface area contributed by atoms with Crippen molar-refractivity contribution in [2.45, 2.75) is 0 Å². The predicted molar refractivity (Wildman–Crippen MR) is 401 cm³/mol. The van der Waals surface area contributed by atoms with Gasteiger partial charge in [0.2, 0.25) is 0 Å². The first kappa shape index (κ1) is 51.4. The van der Waals surface area contributed by atoms with Crippen molar-refractivity contribution in [2.24, 2.45) is 0 Å². The molecule has 432 valence electrons. The smallest absolute Gasteiger partial charge is 0.143 e. The Bertz CT molecular complexity index is 6800. The zero-order valence-corrected chi connectivity index (χ0v) is 50.8. The van der Waals surface area contributed by atoms with Crippen LogP contribution >= 0.6 is 0 Å². The molecule has 0 fully saturated rings. The van der Waals surface area contributed by atoms with E-state index in [0.29, 0.717) is 0 Å². The number of benzene rings is 19. The van der Waals surface area contributed by atoms with Gasteiger partial charge < -0.3 is 8.83 Å². The van der Waals surface area contributed by atoms with Crippen molar-refractivity contribution in [3.8, 4) is 55.6 Å². The molecule has 0 aliphatic heterocycles. The van der Waals surface area contributed by atoms with Crippen LogP contribution in [0.4, 0.5) is 0 Å². The zero-order valence-electron chi connectivity index (χ0n) is 50.8. The van der Waals surface area contributed by atoms with Gasteiger partial charge in [-0.25, -0.2) is 0 Å². The first-order valence-corrected chi connectivity index (χ1v) is 32.5. The minimum absolute atomic E-state index is 0.871. The molecule has 2 aromatic heterocycles. The summed E-state index contributed by atoms with van der Waals surface area (Å²) in [5, 5.41) is 31.2. The Labute approximate surface area is 539 Å². The van der Waals surface area contributed by atoms with Crippen LogP contribution in [0.1, 0.15) is 0 Å². The van der Waals surface area contributed by atoms with Crippen molar-refractivity contribution in [3.63, 3.8) is 0 Å². The summed E-state index contributed by atoms with van der Waals surface area (Å²) in [7, 11) is 0. The molecule has 0 bridgehead atoms. The zero-order chi connectivity index (χ0) is 61.3. The van der Waals surface area contributed by atoms with Crippen molar-refractivity contribution < 1.29 is 8.83 Å². The third-order valence-electron chi connectivity index (χ3n) is 20.7. The van der Waals surface area contributed by atoms with E-state index in [1.54, 1.807) is 0 Å². The Balaban J connectivity index is 0.708. The molecule has 94 heavy (non-hydrogen) atoms. The first-order chi connectivity index (χ1) is 46.6. The summed E-state index contributed by atoms with van der Waals surface area (Å²) in [5.74, 6) is 0. The highest BCUT2D eigenvalue weighted by Gasteiger charge is 2.24. The number of hydrogen-bond donors (Lipinski definition) is 0. The molecule has 0 atom stereocenters. The molecular formula is C92H52O2. The van der Waals surface area contributed by atoms with Crippen LogP contribution < -0.4 is 0 Å². The first-order valence-electron chi connectivity index (χ1n) is 32.5. The lowest BCUT2D eigenvalue weighted by atomic mass is 9.83. The van der Waals surface area contributed by atoms with Crippen molar-refractivity contribution in [1.82, 2.24) is 0 Å². The highest BCUT2D eigenvalue weighted by molar-refractivity contribution is 6.34.